The van der Waals surface area contributed by atoms with Crippen molar-refractivity contribution in [1.82, 2.24) is 9.97 Å². The van der Waals surface area contributed by atoms with Crippen molar-refractivity contribution in [3.8, 4) is 0 Å². The molecule has 92 valence electrons. The van der Waals surface area contributed by atoms with Gasteiger partial charge in [-0.05, 0) is 31.5 Å². The largest absolute Gasteiger partial charge is 0.342 e. The highest BCUT2D eigenvalue weighted by Crippen LogP contribution is 2.18. The molecule has 17 heavy (non-hydrogen) atoms. The average molecular weight is 253 g/mol. The van der Waals surface area contributed by atoms with Crippen molar-refractivity contribution in [1.29, 1.82) is 0 Å². The van der Waals surface area contributed by atoms with Gasteiger partial charge in [0.15, 0.2) is 0 Å². The summed E-state index contributed by atoms with van der Waals surface area (Å²) in [7, 11) is -3.23. The van der Waals surface area contributed by atoms with E-state index in [-0.39, 0.29) is 5.75 Å². The SMILES string of the molecule is CCCS(=O)(=O)Nc1ccc2nc(C)[nH]c2c1. The molecule has 0 saturated heterocycles. The van der Waals surface area contributed by atoms with E-state index in [9.17, 15) is 8.42 Å². The van der Waals surface area contributed by atoms with Crippen LogP contribution in [0.4, 0.5) is 5.69 Å². The molecule has 0 saturated carbocycles. The van der Waals surface area contributed by atoms with Crippen molar-refractivity contribution in [3.63, 3.8) is 0 Å². The third-order valence-corrected chi connectivity index (χ3v) is 3.84. The maximum Gasteiger partial charge on any atom is 0.232 e. The number of aromatic nitrogens is 2. The molecule has 5 nitrogen and oxygen atoms in total. The quantitative estimate of drug-likeness (QED) is 0.875. The van der Waals surface area contributed by atoms with E-state index in [2.05, 4.69) is 14.7 Å². The van der Waals surface area contributed by atoms with Gasteiger partial charge in [-0.1, -0.05) is 6.92 Å². The molecule has 0 unspecified atom stereocenters. The van der Waals surface area contributed by atoms with Crippen LogP contribution in [-0.4, -0.2) is 24.1 Å². The fraction of sp³-hybridized carbons (Fsp3) is 0.364. The van der Waals surface area contributed by atoms with Crippen LogP contribution in [0.15, 0.2) is 18.2 Å². The van der Waals surface area contributed by atoms with Gasteiger partial charge >= 0.3 is 0 Å². The fourth-order valence-corrected chi connectivity index (χ4v) is 2.83. The molecule has 0 spiro atoms. The number of aryl methyl sites for hydroxylation is 1. The molecule has 1 heterocycles. The topological polar surface area (TPSA) is 74.8 Å². The number of sulfonamides is 1. The number of benzene rings is 1. The van der Waals surface area contributed by atoms with Crippen LogP contribution in [0.5, 0.6) is 0 Å². The van der Waals surface area contributed by atoms with Gasteiger partial charge in [0.2, 0.25) is 10.0 Å². The zero-order valence-corrected chi connectivity index (χ0v) is 10.6. The number of rotatable bonds is 4. The number of nitrogens with one attached hydrogen (secondary N) is 2. The zero-order chi connectivity index (χ0) is 12.5. The highest BCUT2D eigenvalue weighted by Gasteiger charge is 2.09. The molecule has 6 heteroatoms. The molecule has 0 atom stereocenters. The summed E-state index contributed by atoms with van der Waals surface area (Å²) in [5.74, 6) is 0.945. The fourth-order valence-electron chi connectivity index (χ4n) is 1.70. The minimum absolute atomic E-state index is 0.132. The summed E-state index contributed by atoms with van der Waals surface area (Å²) in [5, 5.41) is 0. The standard InChI is InChI=1S/C11H15N3O2S/c1-3-6-17(15,16)14-9-4-5-10-11(7-9)13-8(2)12-10/h4-5,7,14H,3,6H2,1-2H3,(H,12,13). The van der Waals surface area contributed by atoms with Gasteiger partial charge in [-0.3, -0.25) is 4.72 Å². The monoisotopic (exact) mass is 253 g/mol. The minimum Gasteiger partial charge on any atom is -0.342 e. The molecule has 0 aliphatic carbocycles. The first kappa shape index (κ1) is 11.9. The Hall–Kier alpha value is -1.56. The number of hydrogen-bond donors (Lipinski definition) is 2. The summed E-state index contributed by atoms with van der Waals surface area (Å²) in [5.41, 5.74) is 2.23. The van der Waals surface area contributed by atoms with Crippen molar-refractivity contribution in [2.24, 2.45) is 0 Å². The van der Waals surface area contributed by atoms with Gasteiger partial charge in [-0.15, -0.1) is 0 Å². The summed E-state index contributed by atoms with van der Waals surface area (Å²) in [6, 6.07) is 5.26. The Morgan fingerprint density at radius 2 is 2.18 bits per heavy atom. The summed E-state index contributed by atoms with van der Waals surface area (Å²) < 4.78 is 25.8. The molecule has 2 N–H and O–H groups in total. The predicted molar refractivity (Wildman–Crippen MR) is 68.5 cm³/mol. The summed E-state index contributed by atoms with van der Waals surface area (Å²) in [4.78, 5) is 7.32. The van der Waals surface area contributed by atoms with E-state index >= 15 is 0 Å². The number of nitrogens with zero attached hydrogens (tertiary/aromatic N) is 1. The lowest BCUT2D eigenvalue weighted by Crippen LogP contribution is -2.15. The molecule has 2 rings (SSSR count). The van der Waals surface area contributed by atoms with Crippen LogP contribution in [0.2, 0.25) is 0 Å². The molecular formula is C11H15N3O2S. The second kappa shape index (κ2) is 4.37. The smallest absolute Gasteiger partial charge is 0.232 e. The molecule has 1 aromatic heterocycles. The third kappa shape index (κ3) is 2.76. The van der Waals surface area contributed by atoms with E-state index in [0.717, 1.165) is 16.9 Å². The zero-order valence-electron chi connectivity index (χ0n) is 9.82. The number of anilines is 1. The van der Waals surface area contributed by atoms with Gasteiger partial charge in [-0.2, -0.15) is 0 Å². The van der Waals surface area contributed by atoms with Crippen LogP contribution in [0, 0.1) is 6.92 Å². The second-order valence-corrected chi connectivity index (χ2v) is 5.82. The Bertz CT molecular complexity index is 631. The molecule has 0 aliphatic heterocycles. The predicted octanol–water partition coefficient (Wildman–Crippen LogP) is 2.02. The van der Waals surface area contributed by atoms with E-state index in [1.807, 2.05) is 13.8 Å². The second-order valence-electron chi connectivity index (χ2n) is 3.98. The Kier molecular flexibility index (Phi) is 3.06. The van der Waals surface area contributed by atoms with Crippen LogP contribution in [-0.2, 0) is 10.0 Å². The first-order valence-electron chi connectivity index (χ1n) is 5.47. The maximum atomic E-state index is 11.6. The van der Waals surface area contributed by atoms with Crippen molar-refractivity contribution >= 4 is 26.7 Å². The average Bonchev–Trinajstić information content (AvgIpc) is 2.56. The van der Waals surface area contributed by atoms with E-state index in [4.69, 9.17) is 0 Å². The number of imidazole rings is 1. The van der Waals surface area contributed by atoms with Gasteiger partial charge in [0.1, 0.15) is 5.82 Å². The summed E-state index contributed by atoms with van der Waals surface area (Å²) in [6.07, 6.45) is 0.598. The number of aromatic amines is 1. The lowest BCUT2D eigenvalue weighted by atomic mass is 10.3. The van der Waals surface area contributed by atoms with Crippen LogP contribution in [0.1, 0.15) is 19.2 Å². The highest BCUT2D eigenvalue weighted by molar-refractivity contribution is 7.92. The first-order chi connectivity index (χ1) is 8.00. The van der Waals surface area contributed by atoms with Gasteiger partial charge in [0, 0.05) is 0 Å². The van der Waals surface area contributed by atoms with Crippen molar-refractivity contribution in [2.45, 2.75) is 20.3 Å². The Morgan fingerprint density at radius 3 is 2.88 bits per heavy atom. The molecule has 2 aromatic rings. The Balaban J connectivity index is 2.31. The normalized spacial score (nSPS) is 11.9. The van der Waals surface area contributed by atoms with E-state index in [1.165, 1.54) is 0 Å². The Morgan fingerprint density at radius 1 is 1.41 bits per heavy atom. The van der Waals surface area contributed by atoms with Crippen molar-refractivity contribution in [3.05, 3.63) is 24.0 Å². The van der Waals surface area contributed by atoms with E-state index in [1.54, 1.807) is 18.2 Å². The lowest BCUT2D eigenvalue weighted by Gasteiger charge is -2.06. The van der Waals surface area contributed by atoms with E-state index < -0.39 is 10.0 Å². The summed E-state index contributed by atoms with van der Waals surface area (Å²) >= 11 is 0. The Labute approximate surface area is 100 Å². The van der Waals surface area contributed by atoms with Crippen molar-refractivity contribution in [2.75, 3.05) is 10.5 Å². The minimum atomic E-state index is -3.23. The third-order valence-electron chi connectivity index (χ3n) is 2.35. The van der Waals surface area contributed by atoms with Crippen LogP contribution < -0.4 is 4.72 Å². The molecule has 0 bridgehead atoms. The van der Waals surface area contributed by atoms with Crippen LogP contribution >= 0.6 is 0 Å². The van der Waals surface area contributed by atoms with Crippen LogP contribution in [0.25, 0.3) is 11.0 Å². The summed E-state index contributed by atoms with van der Waals surface area (Å²) in [6.45, 7) is 3.70. The van der Waals surface area contributed by atoms with E-state index in [0.29, 0.717) is 12.1 Å². The van der Waals surface area contributed by atoms with Crippen LogP contribution in [0.3, 0.4) is 0 Å². The maximum absolute atomic E-state index is 11.6. The van der Waals surface area contributed by atoms with Gasteiger partial charge < -0.3 is 4.98 Å². The molecule has 0 aliphatic rings. The highest BCUT2D eigenvalue weighted by atomic mass is 32.2. The molecule has 0 fully saturated rings. The molecular weight excluding hydrogens is 238 g/mol. The number of hydrogen-bond acceptors (Lipinski definition) is 3. The van der Waals surface area contributed by atoms with Gasteiger partial charge in [0.25, 0.3) is 0 Å². The number of fused-ring (bicyclic) bond motifs is 1. The van der Waals surface area contributed by atoms with Gasteiger partial charge in [-0.25, -0.2) is 13.4 Å². The molecule has 0 radical (unpaired) electrons. The first-order valence-corrected chi connectivity index (χ1v) is 7.12. The molecule has 0 amide bonds. The lowest BCUT2D eigenvalue weighted by molar-refractivity contribution is 0.600. The van der Waals surface area contributed by atoms with Crippen molar-refractivity contribution < 1.29 is 8.42 Å². The number of H-pyrrole nitrogens is 1. The molecule has 1 aromatic carbocycles. The van der Waals surface area contributed by atoms with Gasteiger partial charge in [0.05, 0.1) is 22.5 Å².